The third-order valence-electron chi connectivity index (χ3n) is 5.08. The summed E-state index contributed by atoms with van der Waals surface area (Å²) >= 11 is 0. The Labute approximate surface area is 129 Å². The van der Waals surface area contributed by atoms with E-state index in [2.05, 4.69) is 38.7 Å². The molecule has 1 atom stereocenters. The van der Waals surface area contributed by atoms with Gasteiger partial charge in [0.05, 0.1) is 6.04 Å². The minimum absolute atomic E-state index is 0.0137. The molecule has 0 heterocycles. The third-order valence-corrected chi connectivity index (χ3v) is 5.08. The molecule has 2 nitrogen and oxygen atoms in total. The van der Waals surface area contributed by atoms with Crippen LogP contribution in [0.1, 0.15) is 67.4 Å². The minimum atomic E-state index is -0.0137. The lowest BCUT2D eigenvalue weighted by Gasteiger charge is -2.37. The molecule has 0 saturated heterocycles. The highest BCUT2D eigenvalue weighted by molar-refractivity contribution is 6.00. The second-order valence-electron chi connectivity index (χ2n) is 6.46. The van der Waals surface area contributed by atoms with Gasteiger partial charge in [0.1, 0.15) is 0 Å². The topological polar surface area (TPSA) is 20.3 Å². The van der Waals surface area contributed by atoms with E-state index in [9.17, 15) is 4.79 Å². The number of Topliss-reactive ketones (excluding diaryl/α,β-unsaturated/α-hetero) is 1. The van der Waals surface area contributed by atoms with Gasteiger partial charge in [0, 0.05) is 11.6 Å². The maximum Gasteiger partial charge on any atom is 0.179 e. The van der Waals surface area contributed by atoms with Gasteiger partial charge in [-0.25, -0.2) is 0 Å². The van der Waals surface area contributed by atoms with Gasteiger partial charge >= 0.3 is 0 Å². The van der Waals surface area contributed by atoms with Crippen LogP contribution in [0.4, 0.5) is 0 Å². The molecule has 0 bridgehead atoms. The first-order valence-electron chi connectivity index (χ1n) is 8.41. The molecule has 2 heteroatoms. The van der Waals surface area contributed by atoms with Gasteiger partial charge in [-0.2, -0.15) is 0 Å². The first-order valence-corrected chi connectivity index (χ1v) is 8.41. The lowest BCUT2D eigenvalue weighted by atomic mass is 9.91. The predicted octanol–water partition coefficient (Wildman–Crippen LogP) is 4.53. The summed E-state index contributed by atoms with van der Waals surface area (Å²) in [7, 11) is 0. The second kappa shape index (κ2) is 7.22. The number of aryl methyl sites for hydroxylation is 2. The lowest BCUT2D eigenvalue weighted by Crippen LogP contribution is -2.46. The Hall–Kier alpha value is -1.15. The van der Waals surface area contributed by atoms with Crippen molar-refractivity contribution >= 4 is 5.78 Å². The molecule has 0 radical (unpaired) electrons. The monoisotopic (exact) mass is 287 g/mol. The summed E-state index contributed by atoms with van der Waals surface area (Å²) in [4.78, 5) is 15.2. The molecular weight excluding hydrogens is 258 g/mol. The van der Waals surface area contributed by atoms with E-state index < -0.39 is 0 Å². The zero-order chi connectivity index (χ0) is 15.4. The van der Waals surface area contributed by atoms with Gasteiger partial charge in [-0.1, -0.05) is 38.3 Å². The first-order chi connectivity index (χ1) is 10.0. The molecule has 2 rings (SSSR count). The fourth-order valence-corrected chi connectivity index (χ4v) is 3.55. The van der Waals surface area contributed by atoms with E-state index in [4.69, 9.17) is 0 Å². The summed E-state index contributed by atoms with van der Waals surface area (Å²) < 4.78 is 0. The van der Waals surface area contributed by atoms with Gasteiger partial charge in [0.15, 0.2) is 5.78 Å². The van der Waals surface area contributed by atoms with E-state index in [0.717, 1.165) is 12.1 Å². The van der Waals surface area contributed by atoms with Gasteiger partial charge in [-0.3, -0.25) is 9.69 Å². The van der Waals surface area contributed by atoms with Crippen LogP contribution in [-0.2, 0) is 0 Å². The van der Waals surface area contributed by atoms with Gasteiger partial charge in [-0.15, -0.1) is 0 Å². The number of hydrogen-bond acceptors (Lipinski definition) is 2. The molecule has 1 fully saturated rings. The smallest absolute Gasteiger partial charge is 0.179 e. The molecule has 0 N–H and O–H groups in total. The average Bonchev–Trinajstić information content (AvgIpc) is 2.51. The summed E-state index contributed by atoms with van der Waals surface area (Å²) in [6, 6.07) is 6.67. The highest BCUT2D eigenvalue weighted by Crippen LogP contribution is 2.25. The normalized spacial score (nSPS) is 18.0. The van der Waals surface area contributed by atoms with Crippen molar-refractivity contribution in [2.75, 3.05) is 6.54 Å². The van der Waals surface area contributed by atoms with E-state index in [-0.39, 0.29) is 11.8 Å². The zero-order valence-corrected chi connectivity index (χ0v) is 14.0. The Morgan fingerprint density at radius 2 is 1.86 bits per heavy atom. The van der Waals surface area contributed by atoms with Crippen molar-refractivity contribution < 1.29 is 4.79 Å². The van der Waals surface area contributed by atoms with Gasteiger partial charge in [-0.05, 0) is 57.4 Å². The van der Waals surface area contributed by atoms with Crippen LogP contribution in [0.3, 0.4) is 0 Å². The molecule has 0 aliphatic heterocycles. The van der Waals surface area contributed by atoms with Crippen LogP contribution in [0.15, 0.2) is 18.2 Å². The summed E-state index contributed by atoms with van der Waals surface area (Å²) in [5.41, 5.74) is 3.31. The number of hydrogen-bond donors (Lipinski definition) is 0. The lowest BCUT2D eigenvalue weighted by molar-refractivity contribution is 0.0718. The zero-order valence-electron chi connectivity index (χ0n) is 14.0. The largest absolute Gasteiger partial charge is 0.292 e. The van der Waals surface area contributed by atoms with E-state index >= 15 is 0 Å². The van der Waals surface area contributed by atoms with Gasteiger partial charge < -0.3 is 0 Å². The van der Waals surface area contributed by atoms with E-state index in [0.29, 0.717) is 6.04 Å². The van der Waals surface area contributed by atoms with Crippen molar-refractivity contribution in [2.45, 2.75) is 71.9 Å². The molecule has 0 amide bonds. The summed E-state index contributed by atoms with van der Waals surface area (Å²) in [6.45, 7) is 9.39. The SMILES string of the molecule is CCN(C1CCCCC1)C(C)C(=O)c1ccc(C)c(C)c1. The number of carbonyl (C=O) groups excluding carboxylic acids is 1. The van der Waals surface area contributed by atoms with Crippen LogP contribution >= 0.6 is 0 Å². The summed E-state index contributed by atoms with van der Waals surface area (Å²) in [5.74, 6) is 0.269. The molecule has 0 spiro atoms. The molecule has 1 unspecified atom stereocenters. The van der Waals surface area contributed by atoms with Crippen molar-refractivity contribution in [2.24, 2.45) is 0 Å². The van der Waals surface area contributed by atoms with Crippen molar-refractivity contribution in [3.8, 4) is 0 Å². The van der Waals surface area contributed by atoms with Crippen LogP contribution in [0, 0.1) is 13.8 Å². The Morgan fingerprint density at radius 1 is 1.19 bits per heavy atom. The Morgan fingerprint density at radius 3 is 2.43 bits per heavy atom. The number of likely N-dealkylation sites (N-methyl/N-ethyl adjacent to an activating group) is 1. The van der Waals surface area contributed by atoms with Crippen LogP contribution in [0.25, 0.3) is 0 Å². The van der Waals surface area contributed by atoms with E-state index in [1.165, 1.54) is 43.2 Å². The van der Waals surface area contributed by atoms with Crippen molar-refractivity contribution in [1.82, 2.24) is 4.90 Å². The molecule has 116 valence electrons. The molecule has 1 saturated carbocycles. The highest BCUT2D eigenvalue weighted by Gasteiger charge is 2.28. The maximum absolute atomic E-state index is 12.8. The van der Waals surface area contributed by atoms with Crippen molar-refractivity contribution in [3.05, 3.63) is 34.9 Å². The van der Waals surface area contributed by atoms with Crippen molar-refractivity contribution in [1.29, 1.82) is 0 Å². The van der Waals surface area contributed by atoms with Gasteiger partial charge in [0.25, 0.3) is 0 Å². The predicted molar refractivity (Wildman–Crippen MR) is 89.0 cm³/mol. The van der Waals surface area contributed by atoms with Crippen LogP contribution < -0.4 is 0 Å². The molecule has 21 heavy (non-hydrogen) atoms. The number of ketones is 1. The average molecular weight is 287 g/mol. The number of rotatable bonds is 5. The molecule has 1 aromatic rings. The van der Waals surface area contributed by atoms with Crippen LogP contribution in [-0.4, -0.2) is 29.3 Å². The van der Waals surface area contributed by atoms with Gasteiger partial charge in [0.2, 0.25) is 0 Å². The number of carbonyl (C=O) groups is 1. The fraction of sp³-hybridized carbons (Fsp3) is 0.632. The molecule has 0 aromatic heterocycles. The Kier molecular flexibility index (Phi) is 5.58. The summed E-state index contributed by atoms with van der Waals surface area (Å²) in [6.07, 6.45) is 6.47. The summed E-state index contributed by atoms with van der Waals surface area (Å²) in [5, 5.41) is 0. The van der Waals surface area contributed by atoms with Crippen molar-refractivity contribution in [3.63, 3.8) is 0 Å². The highest BCUT2D eigenvalue weighted by atomic mass is 16.1. The number of nitrogens with zero attached hydrogens (tertiary/aromatic N) is 1. The first kappa shape index (κ1) is 16.2. The maximum atomic E-state index is 12.8. The minimum Gasteiger partial charge on any atom is -0.292 e. The molecule has 1 aliphatic carbocycles. The second-order valence-corrected chi connectivity index (χ2v) is 6.46. The van der Waals surface area contributed by atoms with Crippen LogP contribution in [0.2, 0.25) is 0 Å². The van der Waals surface area contributed by atoms with Crippen LogP contribution in [0.5, 0.6) is 0 Å². The fourth-order valence-electron chi connectivity index (χ4n) is 3.55. The quantitative estimate of drug-likeness (QED) is 0.742. The van der Waals surface area contributed by atoms with E-state index in [1.807, 2.05) is 12.1 Å². The van der Waals surface area contributed by atoms with E-state index in [1.54, 1.807) is 0 Å². The molecule has 1 aromatic carbocycles. The molecular formula is C19H29NO. The number of benzene rings is 1. The standard InChI is InChI=1S/C19H29NO/c1-5-20(18-9-7-6-8-10-18)16(4)19(21)17-12-11-14(2)15(3)13-17/h11-13,16,18H,5-10H2,1-4H3. The molecule has 1 aliphatic rings. The third kappa shape index (κ3) is 3.74. The Balaban J connectivity index is 2.13. The Bertz CT molecular complexity index is 488.